The van der Waals surface area contributed by atoms with E-state index in [4.69, 9.17) is 4.52 Å². The van der Waals surface area contributed by atoms with Crippen LogP contribution in [0.3, 0.4) is 0 Å². The summed E-state index contributed by atoms with van der Waals surface area (Å²) < 4.78 is 6.90. The van der Waals surface area contributed by atoms with Crippen molar-refractivity contribution in [2.24, 2.45) is 0 Å². The Balaban J connectivity index is 1.99. The highest BCUT2D eigenvalue weighted by molar-refractivity contribution is 5.47. The monoisotopic (exact) mass is 272 g/mol. The molecule has 7 nitrogen and oxygen atoms in total. The molecule has 0 spiro atoms. The number of rotatable bonds is 3. The summed E-state index contributed by atoms with van der Waals surface area (Å²) >= 11 is 0. The van der Waals surface area contributed by atoms with E-state index in [0.29, 0.717) is 5.78 Å². The molecule has 0 aliphatic carbocycles. The van der Waals surface area contributed by atoms with Crippen LogP contribution in [0.2, 0.25) is 0 Å². The summed E-state index contributed by atoms with van der Waals surface area (Å²) in [5.41, 5.74) is 2.84. The minimum absolute atomic E-state index is 0.0513. The van der Waals surface area contributed by atoms with Crippen LogP contribution in [-0.2, 0) is 0 Å². The first-order valence-corrected chi connectivity index (χ1v) is 6.43. The van der Waals surface area contributed by atoms with Crippen LogP contribution < -0.4 is 5.32 Å². The topological polar surface area (TPSA) is 81.1 Å². The van der Waals surface area contributed by atoms with Crippen LogP contribution in [-0.4, -0.2) is 24.7 Å². The van der Waals surface area contributed by atoms with Gasteiger partial charge < -0.3 is 9.84 Å². The molecule has 3 heterocycles. The van der Waals surface area contributed by atoms with Gasteiger partial charge in [0.05, 0.1) is 11.7 Å². The summed E-state index contributed by atoms with van der Waals surface area (Å²) in [5, 5.41) is 11.6. The molecule has 1 atom stereocenters. The first-order chi connectivity index (χ1) is 9.56. The van der Waals surface area contributed by atoms with Crippen molar-refractivity contribution in [3.63, 3.8) is 0 Å². The molecule has 0 amide bonds. The molecule has 3 aromatic heterocycles. The molecule has 0 aromatic carbocycles. The third-order valence-corrected chi connectivity index (χ3v) is 3.27. The Labute approximate surface area is 116 Å². The number of hydrogen-bond donors (Lipinski definition) is 1. The van der Waals surface area contributed by atoms with Crippen molar-refractivity contribution in [3.8, 4) is 0 Å². The maximum atomic E-state index is 5.21. The molecule has 104 valence electrons. The highest BCUT2D eigenvalue weighted by atomic mass is 16.5. The zero-order valence-corrected chi connectivity index (χ0v) is 11.9. The van der Waals surface area contributed by atoms with Gasteiger partial charge in [0, 0.05) is 17.3 Å². The fourth-order valence-corrected chi connectivity index (χ4v) is 2.44. The molecule has 0 saturated heterocycles. The predicted molar refractivity (Wildman–Crippen MR) is 73.5 cm³/mol. The quantitative estimate of drug-likeness (QED) is 0.787. The summed E-state index contributed by atoms with van der Waals surface area (Å²) in [6, 6.07) is 1.99. The van der Waals surface area contributed by atoms with Gasteiger partial charge in [-0.1, -0.05) is 5.16 Å². The van der Waals surface area contributed by atoms with Gasteiger partial charge in [-0.05, 0) is 27.7 Å². The SMILES string of the molecule is Cc1cc(NC(C)c2c(C)noc2C)n2ncnc2n1. The number of aromatic nitrogens is 5. The standard InChI is InChI=1S/C13H16N6O/c1-7-5-11(19-13(16-7)14-6-15-19)17-8(2)12-9(3)18-20-10(12)4/h5-6,8,17H,1-4H3. The van der Waals surface area contributed by atoms with Crippen molar-refractivity contribution in [1.82, 2.24) is 24.7 Å². The number of nitrogens with one attached hydrogen (secondary N) is 1. The summed E-state index contributed by atoms with van der Waals surface area (Å²) in [4.78, 5) is 8.44. The molecule has 0 aliphatic heterocycles. The lowest BCUT2D eigenvalue weighted by Gasteiger charge is -2.15. The van der Waals surface area contributed by atoms with Gasteiger partial charge in [-0.15, -0.1) is 0 Å². The summed E-state index contributed by atoms with van der Waals surface area (Å²) in [5.74, 6) is 2.25. The number of aryl methyl sites for hydroxylation is 3. The zero-order valence-electron chi connectivity index (χ0n) is 11.9. The van der Waals surface area contributed by atoms with E-state index in [2.05, 4.69) is 32.5 Å². The lowest BCUT2D eigenvalue weighted by molar-refractivity contribution is 0.392. The minimum Gasteiger partial charge on any atom is -0.363 e. The minimum atomic E-state index is 0.0513. The van der Waals surface area contributed by atoms with Crippen LogP contribution in [0, 0.1) is 20.8 Å². The number of hydrogen-bond acceptors (Lipinski definition) is 6. The van der Waals surface area contributed by atoms with Gasteiger partial charge in [0.15, 0.2) is 0 Å². The average molecular weight is 272 g/mol. The van der Waals surface area contributed by atoms with Crippen LogP contribution >= 0.6 is 0 Å². The molecule has 20 heavy (non-hydrogen) atoms. The smallest absolute Gasteiger partial charge is 0.254 e. The second-order valence-corrected chi connectivity index (χ2v) is 4.86. The van der Waals surface area contributed by atoms with E-state index < -0.39 is 0 Å². The van der Waals surface area contributed by atoms with Gasteiger partial charge in [-0.25, -0.2) is 4.98 Å². The summed E-state index contributed by atoms with van der Waals surface area (Å²) in [6.45, 7) is 7.84. The second-order valence-electron chi connectivity index (χ2n) is 4.86. The Morgan fingerprint density at radius 3 is 2.80 bits per heavy atom. The molecule has 1 N–H and O–H groups in total. The largest absolute Gasteiger partial charge is 0.363 e. The van der Waals surface area contributed by atoms with Crippen LogP contribution in [0.5, 0.6) is 0 Å². The normalized spacial score (nSPS) is 12.8. The molecular weight excluding hydrogens is 256 g/mol. The van der Waals surface area contributed by atoms with Crippen LogP contribution in [0.15, 0.2) is 16.9 Å². The van der Waals surface area contributed by atoms with Crippen molar-refractivity contribution in [2.75, 3.05) is 5.32 Å². The Kier molecular flexibility index (Phi) is 2.89. The highest BCUT2D eigenvalue weighted by Crippen LogP contribution is 2.25. The van der Waals surface area contributed by atoms with Crippen molar-refractivity contribution in [1.29, 1.82) is 0 Å². The molecule has 0 saturated carbocycles. The molecule has 3 aromatic rings. The van der Waals surface area contributed by atoms with Crippen molar-refractivity contribution >= 4 is 11.6 Å². The Hall–Kier alpha value is -2.44. The van der Waals surface area contributed by atoms with Crippen molar-refractivity contribution < 1.29 is 4.52 Å². The molecule has 0 radical (unpaired) electrons. The molecular formula is C13H16N6O. The van der Waals surface area contributed by atoms with E-state index >= 15 is 0 Å². The van der Waals surface area contributed by atoms with Crippen LogP contribution in [0.25, 0.3) is 5.78 Å². The van der Waals surface area contributed by atoms with Crippen molar-refractivity contribution in [2.45, 2.75) is 33.7 Å². The van der Waals surface area contributed by atoms with Crippen LogP contribution in [0.4, 0.5) is 5.82 Å². The van der Waals surface area contributed by atoms with Crippen LogP contribution in [0.1, 0.15) is 35.7 Å². The van der Waals surface area contributed by atoms with E-state index in [1.807, 2.05) is 26.8 Å². The molecule has 3 rings (SSSR count). The summed E-state index contributed by atoms with van der Waals surface area (Å²) in [6.07, 6.45) is 1.49. The first-order valence-electron chi connectivity index (χ1n) is 6.43. The maximum absolute atomic E-state index is 5.21. The Morgan fingerprint density at radius 2 is 2.10 bits per heavy atom. The molecule has 0 bridgehead atoms. The third-order valence-electron chi connectivity index (χ3n) is 3.27. The number of anilines is 1. The second kappa shape index (κ2) is 4.59. The molecule has 0 fully saturated rings. The highest BCUT2D eigenvalue weighted by Gasteiger charge is 2.17. The third kappa shape index (κ3) is 2.01. The number of nitrogens with zero attached hydrogens (tertiary/aromatic N) is 5. The number of fused-ring (bicyclic) bond motifs is 1. The lowest BCUT2D eigenvalue weighted by atomic mass is 10.1. The lowest BCUT2D eigenvalue weighted by Crippen LogP contribution is -2.12. The predicted octanol–water partition coefficient (Wildman–Crippen LogP) is 2.21. The maximum Gasteiger partial charge on any atom is 0.254 e. The van der Waals surface area contributed by atoms with Gasteiger partial charge in [0.25, 0.3) is 5.78 Å². The van der Waals surface area contributed by atoms with E-state index in [9.17, 15) is 0 Å². The molecule has 1 unspecified atom stereocenters. The fraction of sp³-hybridized carbons (Fsp3) is 0.385. The van der Waals surface area contributed by atoms with Gasteiger partial charge in [0.1, 0.15) is 17.9 Å². The zero-order chi connectivity index (χ0) is 14.3. The Morgan fingerprint density at radius 1 is 1.30 bits per heavy atom. The van der Waals surface area contributed by atoms with E-state index in [1.54, 1.807) is 4.52 Å². The average Bonchev–Trinajstić information content (AvgIpc) is 2.96. The van der Waals surface area contributed by atoms with Gasteiger partial charge in [-0.2, -0.15) is 14.6 Å². The van der Waals surface area contributed by atoms with E-state index in [-0.39, 0.29) is 6.04 Å². The molecule has 7 heteroatoms. The van der Waals surface area contributed by atoms with Gasteiger partial charge in [-0.3, -0.25) is 0 Å². The molecule has 0 aliphatic rings. The first kappa shape index (κ1) is 12.6. The van der Waals surface area contributed by atoms with E-state index in [1.165, 1.54) is 6.33 Å². The van der Waals surface area contributed by atoms with Gasteiger partial charge >= 0.3 is 0 Å². The van der Waals surface area contributed by atoms with Crippen molar-refractivity contribution in [3.05, 3.63) is 35.1 Å². The van der Waals surface area contributed by atoms with E-state index in [0.717, 1.165) is 28.5 Å². The fourth-order valence-electron chi connectivity index (χ4n) is 2.44. The summed E-state index contributed by atoms with van der Waals surface area (Å²) in [7, 11) is 0. The van der Waals surface area contributed by atoms with Gasteiger partial charge in [0.2, 0.25) is 0 Å². The Bertz CT molecular complexity index is 740.